The molecular weight excluding hydrogens is 216 g/mol. The molecule has 1 rings (SSSR count). The lowest BCUT2D eigenvalue weighted by molar-refractivity contribution is 0.246. The van der Waals surface area contributed by atoms with Crippen LogP contribution < -0.4 is 0 Å². The maximum Gasteiger partial charge on any atom is 0.282 e. The van der Waals surface area contributed by atoms with Crippen molar-refractivity contribution in [3.63, 3.8) is 0 Å². The minimum absolute atomic E-state index is 0.118. The van der Waals surface area contributed by atoms with Crippen molar-refractivity contribution in [1.29, 1.82) is 0 Å². The number of hydrogen-bond donors (Lipinski definition) is 1. The van der Waals surface area contributed by atoms with Crippen LogP contribution in [-0.4, -0.2) is 54.9 Å². The molecule has 0 aromatic rings. The minimum Gasteiger partial charge on any atom is -0.395 e. The Morgan fingerprint density at radius 2 is 1.87 bits per heavy atom. The number of aliphatic hydroxyl groups excluding tert-OH is 1. The Bertz CT molecular complexity index is 267. The summed E-state index contributed by atoms with van der Waals surface area (Å²) in [5.74, 6) is 0. The van der Waals surface area contributed by atoms with Crippen LogP contribution in [-0.2, 0) is 10.2 Å². The summed E-state index contributed by atoms with van der Waals surface area (Å²) in [7, 11) is -3.32. The predicted octanol–water partition coefficient (Wildman–Crippen LogP) is 0.0313. The average Bonchev–Trinajstić information content (AvgIpc) is 2.70. The van der Waals surface area contributed by atoms with Gasteiger partial charge in [0.1, 0.15) is 0 Å². The van der Waals surface area contributed by atoms with E-state index in [2.05, 4.69) is 0 Å². The van der Waals surface area contributed by atoms with Gasteiger partial charge in [0.15, 0.2) is 0 Å². The highest BCUT2D eigenvalue weighted by atomic mass is 32.2. The van der Waals surface area contributed by atoms with E-state index in [0.717, 1.165) is 19.3 Å². The van der Waals surface area contributed by atoms with Gasteiger partial charge < -0.3 is 5.11 Å². The van der Waals surface area contributed by atoms with Gasteiger partial charge in [-0.1, -0.05) is 6.92 Å². The second kappa shape index (κ2) is 5.79. The number of rotatable bonds is 6. The first-order valence-corrected chi connectivity index (χ1v) is 6.88. The van der Waals surface area contributed by atoms with Crippen molar-refractivity contribution in [3.05, 3.63) is 0 Å². The van der Waals surface area contributed by atoms with Crippen LogP contribution in [0.5, 0.6) is 0 Å². The third kappa shape index (κ3) is 3.14. The van der Waals surface area contributed by atoms with Gasteiger partial charge in [0.25, 0.3) is 10.2 Å². The molecule has 1 aliphatic heterocycles. The Balaban J connectivity index is 2.70. The molecule has 1 fully saturated rings. The van der Waals surface area contributed by atoms with Crippen LogP contribution in [0.2, 0.25) is 0 Å². The molecule has 15 heavy (non-hydrogen) atoms. The second-order valence-electron chi connectivity index (χ2n) is 3.74. The van der Waals surface area contributed by atoms with Gasteiger partial charge in [-0.15, -0.1) is 0 Å². The topological polar surface area (TPSA) is 60.9 Å². The lowest BCUT2D eigenvalue weighted by atomic mass is 10.4. The molecule has 0 amide bonds. The number of aliphatic hydroxyl groups is 1. The average molecular weight is 236 g/mol. The zero-order valence-corrected chi connectivity index (χ0v) is 10.0. The van der Waals surface area contributed by atoms with Crippen molar-refractivity contribution < 1.29 is 13.5 Å². The van der Waals surface area contributed by atoms with Crippen molar-refractivity contribution in [3.8, 4) is 0 Å². The molecule has 0 saturated carbocycles. The van der Waals surface area contributed by atoms with Crippen LogP contribution in [0.25, 0.3) is 0 Å². The maximum absolute atomic E-state index is 12.1. The van der Waals surface area contributed by atoms with Gasteiger partial charge in [-0.2, -0.15) is 17.0 Å². The monoisotopic (exact) mass is 236 g/mol. The molecule has 0 unspecified atom stereocenters. The van der Waals surface area contributed by atoms with Crippen LogP contribution in [0.1, 0.15) is 26.2 Å². The Morgan fingerprint density at radius 1 is 1.27 bits per heavy atom. The lowest BCUT2D eigenvalue weighted by Gasteiger charge is -2.26. The van der Waals surface area contributed by atoms with Crippen molar-refractivity contribution in [2.75, 3.05) is 32.8 Å². The number of nitrogens with zero attached hydrogens (tertiary/aromatic N) is 2. The molecule has 5 nitrogen and oxygen atoms in total. The van der Waals surface area contributed by atoms with E-state index >= 15 is 0 Å². The smallest absolute Gasteiger partial charge is 0.282 e. The Hall–Kier alpha value is -0.170. The zero-order valence-electron chi connectivity index (χ0n) is 9.22. The highest BCUT2D eigenvalue weighted by molar-refractivity contribution is 7.86. The third-order valence-corrected chi connectivity index (χ3v) is 4.58. The Labute approximate surface area is 91.9 Å². The normalized spacial score (nSPS) is 18.9. The minimum atomic E-state index is -3.32. The molecule has 6 heteroatoms. The van der Waals surface area contributed by atoms with E-state index in [1.54, 1.807) is 0 Å². The number of hydrogen-bond acceptors (Lipinski definition) is 3. The fourth-order valence-electron chi connectivity index (χ4n) is 1.79. The summed E-state index contributed by atoms with van der Waals surface area (Å²) >= 11 is 0. The molecular formula is C9H20N2O3S. The maximum atomic E-state index is 12.1. The van der Waals surface area contributed by atoms with Crippen LogP contribution in [0.3, 0.4) is 0 Å². The molecule has 0 bridgehead atoms. The van der Waals surface area contributed by atoms with Crippen molar-refractivity contribution in [2.24, 2.45) is 0 Å². The summed E-state index contributed by atoms with van der Waals surface area (Å²) < 4.78 is 27.0. The molecule has 1 saturated heterocycles. The van der Waals surface area contributed by atoms with Crippen molar-refractivity contribution in [2.45, 2.75) is 26.2 Å². The molecule has 1 N–H and O–H groups in total. The first-order valence-electron chi connectivity index (χ1n) is 5.49. The second-order valence-corrected chi connectivity index (χ2v) is 5.67. The van der Waals surface area contributed by atoms with E-state index in [1.165, 1.54) is 8.61 Å². The van der Waals surface area contributed by atoms with Crippen LogP contribution >= 0.6 is 0 Å². The van der Waals surface area contributed by atoms with E-state index in [1.807, 2.05) is 6.92 Å². The predicted molar refractivity (Wildman–Crippen MR) is 58.7 cm³/mol. The highest BCUT2D eigenvalue weighted by Gasteiger charge is 2.30. The van der Waals surface area contributed by atoms with Crippen molar-refractivity contribution >= 4 is 10.2 Å². The largest absolute Gasteiger partial charge is 0.395 e. The Morgan fingerprint density at radius 3 is 2.33 bits per heavy atom. The van der Waals surface area contributed by atoms with Gasteiger partial charge in [-0.05, 0) is 19.3 Å². The molecule has 1 aliphatic rings. The molecule has 0 radical (unpaired) electrons. The fraction of sp³-hybridized carbons (Fsp3) is 1.00. The van der Waals surface area contributed by atoms with E-state index in [4.69, 9.17) is 5.11 Å². The zero-order chi connectivity index (χ0) is 11.3. The molecule has 0 aromatic heterocycles. The Kier molecular flexibility index (Phi) is 4.98. The summed E-state index contributed by atoms with van der Waals surface area (Å²) in [6.07, 6.45) is 2.66. The quantitative estimate of drug-likeness (QED) is 0.708. The SMILES string of the molecule is CCCN(CCO)S(=O)(=O)N1CCCC1. The molecule has 0 atom stereocenters. The van der Waals surface area contributed by atoms with E-state index < -0.39 is 10.2 Å². The van der Waals surface area contributed by atoms with Gasteiger partial charge in [0, 0.05) is 26.2 Å². The van der Waals surface area contributed by atoms with Gasteiger partial charge in [0.2, 0.25) is 0 Å². The van der Waals surface area contributed by atoms with Crippen LogP contribution in [0.4, 0.5) is 0 Å². The first kappa shape index (κ1) is 12.9. The van der Waals surface area contributed by atoms with E-state index in [0.29, 0.717) is 19.6 Å². The summed E-state index contributed by atoms with van der Waals surface area (Å²) in [6, 6.07) is 0. The van der Waals surface area contributed by atoms with E-state index in [-0.39, 0.29) is 13.2 Å². The summed E-state index contributed by atoms with van der Waals surface area (Å²) in [4.78, 5) is 0. The molecule has 1 heterocycles. The van der Waals surface area contributed by atoms with Gasteiger partial charge >= 0.3 is 0 Å². The van der Waals surface area contributed by atoms with Gasteiger partial charge in [-0.25, -0.2) is 0 Å². The van der Waals surface area contributed by atoms with Gasteiger partial charge in [-0.3, -0.25) is 0 Å². The summed E-state index contributed by atoms with van der Waals surface area (Å²) in [6.45, 7) is 3.74. The molecule has 90 valence electrons. The lowest BCUT2D eigenvalue weighted by Crippen LogP contribution is -2.44. The highest BCUT2D eigenvalue weighted by Crippen LogP contribution is 2.16. The molecule has 0 spiro atoms. The summed E-state index contributed by atoms with van der Waals surface area (Å²) in [5.41, 5.74) is 0. The summed E-state index contributed by atoms with van der Waals surface area (Å²) in [5, 5.41) is 8.84. The molecule has 0 aromatic carbocycles. The standard InChI is InChI=1S/C9H20N2O3S/c1-2-5-10(8-9-12)15(13,14)11-6-3-4-7-11/h12H,2-9H2,1H3. The first-order chi connectivity index (χ1) is 7.12. The van der Waals surface area contributed by atoms with Crippen LogP contribution in [0, 0.1) is 0 Å². The van der Waals surface area contributed by atoms with Crippen molar-refractivity contribution in [1.82, 2.24) is 8.61 Å². The van der Waals surface area contributed by atoms with E-state index in [9.17, 15) is 8.42 Å². The molecule has 0 aliphatic carbocycles. The van der Waals surface area contributed by atoms with Crippen LogP contribution in [0.15, 0.2) is 0 Å². The van der Waals surface area contributed by atoms with Gasteiger partial charge in [0.05, 0.1) is 6.61 Å². The third-order valence-electron chi connectivity index (χ3n) is 2.54. The fourth-order valence-corrected chi connectivity index (χ4v) is 3.56.